The predicted molar refractivity (Wildman–Crippen MR) is 18.9 cm³/mol. The first-order chi connectivity index (χ1) is 2.89. The Kier molecular flexibility index (Phi) is 0.813. The highest BCUT2D eigenvalue weighted by atomic mass is 16.5. The minimum absolute atomic E-state index is 0.0880. The van der Waals surface area contributed by atoms with Crippen molar-refractivity contribution in [3.63, 3.8) is 0 Å². The monoisotopic (exact) mass is 87.0 g/mol. The van der Waals surface area contributed by atoms with Crippen LogP contribution in [0.3, 0.4) is 0 Å². The molecule has 0 radical (unpaired) electrons. The molecule has 1 atom stereocenters. The fraction of sp³-hybridized carbons (Fsp3) is 1.00. The summed E-state index contributed by atoms with van der Waals surface area (Å²) in [4.78, 5) is 0. The van der Waals surface area contributed by atoms with Crippen LogP contribution in [0.1, 0.15) is 0 Å². The summed E-state index contributed by atoms with van der Waals surface area (Å²) in [5, 5.41) is 16.6. The van der Waals surface area contributed by atoms with Gasteiger partial charge in [-0.2, -0.15) is 0 Å². The molecule has 0 spiro atoms. The summed E-state index contributed by atoms with van der Waals surface area (Å²) in [5.41, 5.74) is 0. The normalized spacial score (nSPS) is 31.8. The maximum atomic E-state index is 9.98. The summed E-state index contributed by atoms with van der Waals surface area (Å²) in [6.07, 6.45) is 0. The number of hydrogen-bond acceptors (Lipinski definition) is 3. The van der Waals surface area contributed by atoms with Crippen molar-refractivity contribution in [3.05, 3.63) is 5.21 Å². The number of quaternary nitrogens is 1. The molecule has 0 bridgehead atoms. The van der Waals surface area contributed by atoms with Crippen molar-refractivity contribution < 1.29 is 5.17 Å². The fourth-order valence-electron chi connectivity index (χ4n) is 0.325. The quantitative estimate of drug-likeness (QED) is 0.369. The van der Waals surface area contributed by atoms with E-state index in [0.29, 0.717) is 13.1 Å². The van der Waals surface area contributed by atoms with Crippen molar-refractivity contribution in [2.24, 2.45) is 10.3 Å². The van der Waals surface area contributed by atoms with E-state index < -0.39 is 0 Å². The Hall–Kier alpha value is -0.480. The average molecular weight is 87.1 g/mol. The molecule has 0 aromatic rings. The molecule has 1 aliphatic heterocycles. The first kappa shape index (κ1) is 3.70. The highest BCUT2D eigenvalue weighted by Crippen LogP contribution is 1.69. The van der Waals surface area contributed by atoms with E-state index in [9.17, 15) is 5.21 Å². The third-order valence-electron chi connectivity index (χ3n) is 0.608. The zero-order valence-corrected chi connectivity index (χ0v) is 3.22. The Morgan fingerprint density at radius 3 is 2.67 bits per heavy atom. The van der Waals surface area contributed by atoms with Crippen molar-refractivity contribution in [1.82, 2.24) is 0 Å². The predicted octanol–water partition coefficient (Wildman–Crippen LogP) is -1.25. The van der Waals surface area contributed by atoms with Crippen LogP contribution in [0.5, 0.6) is 0 Å². The molecule has 1 unspecified atom stereocenters. The zero-order valence-electron chi connectivity index (χ0n) is 3.22. The van der Waals surface area contributed by atoms with Crippen LogP contribution in [0.15, 0.2) is 10.3 Å². The lowest BCUT2D eigenvalue weighted by Gasteiger charge is -2.02. The lowest BCUT2D eigenvalue weighted by Crippen LogP contribution is -3.00. The van der Waals surface area contributed by atoms with Crippen molar-refractivity contribution in [2.75, 3.05) is 13.1 Å². The maximum absolute atomic E-state index is 9.98. The molecule has 4 heteroatoms. The Morgan fingerprint density at radius 1 is 1.67 bits per heavy atom. The Balaban J connectivity index is 2.38. The molecule has 0 aliphatic carbocycles. The Morgan fingerprint density at radius 2 is 2.50 bits per heavy atom. The smallest absolute Gasteiger partial charge is 0.124 e. The summed E-state index contributed by atoms with van der Waals surface area (Å²) in [7, 11) is 0. The molecule has 0 amide bonds. The zero-order chi connectivity index (χ0) is 4.41. The molecule has 0 saturated carbocycles. The molecular weight excluding hydrogens is 82.0 g/mol. The van der Waals surface area contributed by atoms with Gasteiger partial charge in [0.05, 0.1) is 0 Å². The third-order valence-corrected chi connectivity index (χ3v) is 0.608. The van der Waals surface area contributed by atoms with E-state index in [0.717, 1.165) is 0 Å². The van der Waals surface area contributed by atoms with E-state index >= 15 is 0 Å². The van der Waals surface area contributed by atoms with Crippen LogP contribution in [0, 0.1) is 5.21 Å². The highest BCUT2D eigenvalue weighted by Gasteiger charge is 1.98. The number of rotatable bonds is 0. The molecule has 1 rings (SSSR count). The van der Waals surface area contributed by atoms with Gasteiger partial charge in [0.25, 0.3) is 0 Å². The number of nitrogens with zero attached hydrogens (tertiary/aromatic N) is 2. The molecule has 0 aromatic heterocycles. The molecule has 34 valence electrons. The number of nitrogens with one attached hydrogen (secondary N) is 1. The van der Waals surface area contributed by atoms with Gasteiger partial charge in [0.2, 0.25) is 0 Å². The van der Waals surface area contributed by atoms with Crippen LogP contribution >= 0.6 is 0 Å². The van der Waals surface area contributed by atoms with Crippen LogP contribution in [-0.2, 0) is 0 Å². The van der Waals surface area contributed by atoms with Gasteiger partial charge < -0.3 is 5.21 Å². The van der Waals surface area contributed by atoms with Crippen LogP contribution in [-0.4, -0.2) is 13.1 Å². The minimum atomic E-state index is -0.0880. The van der Waals surface area contributed by atoms with Crippen molar-refractivity contribution >= 4 is 0 Å². The molecule has 6 heavy (non-hydrogen) atoms. The van der Waals surface area contributed by atoms with E-state index in [2.05, 4.69) is 10.3 Å². The van der Waals surface area contributed by atoms with Crippen LogP contribution in [0.4, 0.5) is 0 Å². The molecular formula is C2H5N3O. The van der Waals surface area contributed by atoms with E-state index in [1.165, 1.54) is 0 Å². The second-order valence-electron chi connectivity index (χ2n) is 1.11. The van der Waals surface area contributed by atoms with Crippen LogP contribution in [0.25, 0.3) is 0 Å². The van der Waals surface area contributed by atoms with Gasteiger partial charge in [0, 0.05) is 5.22 Å². The second-order valence-corrected chi connectivity index (χ2v) is 1.11. The van der Waals surface area contributed by atoms with Gasteiger partial charge in [-0.05, 0) is 0 Å². The van der Waals surface area contributed by atoms with Gasteiger partial charge >= 0.3 is 0 Å². The molecule has 0 saturated heterocycles. The van der Waals surface area contributed by atoms with Crippen LogP contribution < -0.4 is 5.17 Å². The molecule has 1 heterocycles. The Bertz CT molecular complexity index is 71.2. The van der Waals surface area contributed by atoms with E-state index in [4.69, 9.17) is 0 Å². The SMILES string of the molecule is [O-][NH+]1CCN=N1. The summed E-state index contributed by atoms with van der Waals surface area (Å²) in [6, 6.07) is 0. The largest absolute Gasteiger partial charge is 0.605 e. The minimum Gasteiger partial charge on any atom is -0.605 e. The molecule has 0 aromatic carbocycles. The first-order valence-electron chi connectivity index (χ1n) is 1.80. The summed E-state index contributed by atoms with van der Waals surface area (Å²) < 4.78 is 0. The van der Waals surface area contributed by atoms with Gasteiger partial charge in [-0.15, -0.1) is 5.11 Å². The number of hydroxylamine groups is 1. The van der Waals surface area contributed by atoms with Crippen LogP contribution in [0.2, 0.25) is 0 Å². The molecule has 0 fully saturated rings. The van der Waals surface area contributed by atoms with Gasteiger partial charge in [-0.3, -0.25) is 0 Å². The van der Waals surface area contributed by atoms with Gasteiger partial charge in [0.1, 0.15) is 13.1 Å². The lowest BCUT2D eigenvalue weighted by atomic mass is 10.7. The van der Waals surface area contributed by atoms with Gasteiger partial charge in [0.15, 0.2) is 0 Å². The highest BCUT2D eigenvalue weighted by molar-refractivity contribution is 4.34. The lowest BCUT2D eigenvalue weighted by molar-refractivity contribution is -0.849. The first-order valence-corrected chi connectivity index (χ1v) is 1.80. The summed E-state index contributed by atoms with van der Waals surface area (Å²) in [5.74, 6) is 0. The second kappa shape index (κ2) is 1.32. The molecule has 1 N–H and O–H groups in total. The maximum Gasteiger partial charge on any atom is 0.124 e. The average Bonchev–Trinajstić information content (AvgIpc) is 1.86. The topological polar surface area (TPSA) is 52.2 Å². The number of hydrogen-bond donors (Lipinski definition) is 1. The Labute approximate surface area is 35.0 Å². The van der Waals surface area contributed by atoms with Gasteiger partial charge in [-0.1, -0.05) is 0 Å². The summed E-state index contributed by atoms with van der Waals surface area (Å²) in [6.45, 7) is 1.11. The van der Waals surface area contributed by atoms with Crippen molar-refractivity contribution in [1.29, 1.82) is 0 Å². The fourth-order valence-corrected chi connectivity index (χ4v) is 0.325. The third kappa shape index (κ3) is 0.526. The summed E-state index contributed by atoms with van der Waals surface area (Å²) >= 11 is 0. The molecule has 1 aliphatic rings. The van der Waals surface area contributed by atoms with Crippen molar-refractivity contribution in [3.8, 4) is 0 Å². The van der Waals surface area contributed by atoms with Gasteiger partial charge in [-0.25, -0.2) is 5.17 Å². The van der Waals surface area contributed by atoms with E-state index in [-0.39, 0.29) is 5.17 Å². The molecule has 4 nitrogen and oxygen atoms in total. The van der Waals surface area contributed by atoms with Crippen molar-refractivity contribution in [2.45, 2.75) is 0 Å². The standard InChI is InChI=1S/C2H5N3O/c6-5-2-1-3-4-5/h5H,1-2H2. The van der Waals surface area contributed by atoms with E-state index in [1.54, 1.807) is 0 Å². The van der Waals surface area contributed by atoms with E-state index in [1.807, 2.05) is 0 Å².